The highest BCUT2D eigenvalue weighted by Crippen LogP contribution is 2.39. The SMILES string of the molecule is COc1ccc(C2NNCC2/C=N/NC(=O)c2sc3cccc(Br)c3c2Cl)cc1. The number of carbonyl (C=O) groups is 1. The maximum absolute atomic E-state index is 12.6. The Labute approximate surface area is 185 Å². The highest BCUT2D eigenvalue weighted by Gasteiger charge is 2.27. The van der Waals surface area contributed by atoms with E-state index in [-0.39, 0.29) is 17.9 Å². The van der Waals surface area contributed by atoms with Gasteiger partial charge in [0, 0.05) is 33.2 Å². The predicted octanol–water partition coefficient (Wildman–Crippen LogP) is 4.51. The van der Waals surface area contributed by atoms with E-state index in [1.54, 1.807) is 13.3 Å². The number of benzene rings is 2. The van der Waals surface area contributed by atoms with Gasteiger partial charge in [0.1, 0.15) is 10.6 Å². The van der Waals surface area contributed by atoms with Gasteiger partial charge in [0.25, 0.3) is 5.91 Å². The zero-order valence-corrected chi connectivity index (χ0v) is 18.6. The molecule has 2 atom stereocenters. The van der Waals surface area contributed by atoms with Crippen LogP contribution in [0.2, 0.25) is 5.02 Å². The van der Waals surface area contributed by atoms with Crippen molar-refractivity contribution in [2.45, 2.75) is 6.04 Å². The molecule has 6 nitrogen and oxygen atoms in total. The van der Waals surface area contributed by atoms with Gasteiger partial charge in [0.15, 0.2) is 0 Å². The summed E-state index contributed by atoms with van der Waals surface area (Å²) in [5, 5.41) is 5.46. The number of thiophene rings is 1. The zero-order chi connectivity index (χ0) is 20.4. The summed E-state index contributed by atoms with van der Waals surface area (Å²) >= 11 is 11.3. The van der Waals surface area contributed by atoms with Gasteiger partial charge < -0.3 is 4.74 Å². The molecule has 3 aromatic rings. The van der Waals surface area contributed by atoms with Crippen molar-refractivity contribution in [3.63, 3.8) is 0 Å². The van der Waals surface area contributed by atoms with Crippen molar-refractivity contribution in [3.8, 4) is 5.75 Å². The summed E-state index contributed by atoms with van der Waals surface area (Å²) in [5.41, 5.74) is 10.1. The van der Waals surface area contributed by atoms with Gasteiger partial charge in [-0.15, -0.1) is 11.3 Å². The molecule has 1 aromatic heterocycles. The summed E-state index contributed by atoms with van der Waals surface area (Å²) in [6.45, 7) is 0.701. The standard InChI is InChI=1S/C20H18BrClN4O2S/c1-28-13-7-5-11(6-8-13)18-12(9-23-25-18)10-24-26-20(27)19-17(22)16-14(21)3-2-4-15(16)29-19/h2-8,10,12,18,23,25H,9H2,1H3,(H,26,27)/b24-10+. The second-order valence-corrected chi connectivity index (χ2v) is 8.80. The smallest absolute Gasteiger partial charge is 0.282 e. The van der Waals surface area contributed by atoms with E-state index >= 15 is 0 Å². The van der Waals surface area contributed by atoms with Crippen LogP contribution >= 0.6 is 38.9 Å². The summed E-state index contributed by atoms with van der Waals surface area (Å²) in [5.74, 6) is 0.569. The first-order valence-corrected chi connectivity index (χ1v) is 10.9. The lowest BCUT2D eigenvalue weighted by Crippen LogP contribution is -2.25. The summed E-state index contributed by atoms with van der Waals surface area (Å²) in [6, 6.07) is 13.7. The van der Waals surface area contributed by atoms with Gasteiger partial charge in [-0.3, -0.25) is 10.2 Å². The monoisotopic (exact) mass is 492 g/mol. The van der Waals surface area contributed by atoms with Crippen LogP contribution in [0.3, 0.4) is 0 Å². The van der Waals surface area contributed by atoms with Gasteiger partial charge in [0.05, 0.1) is 18.2 Å². The Morgan fingerprint density at radius 1 is 1.34 bits per heavy atom. The highest BCUT2D eigenvalue weighted by atomic mass is 79.9. The van der Waals surface area contributed by atoms with E-state index in [1.807, 2.05) is 42.5 Å². The second-order valence-electron chi connectivity index (χ2n) is 6.52. The molecule has 1 amide bonds. The van der Waals surface area contributed by atoms with E-state index in [9.17, 15) is 4.79 Å². The molecule has 0 aliphatic carbocycles. The first kappa shape index (κ1) is 20.3. The number of nitrogens with one attached hydrogen (secondary N) is 3. The quantitative estimate of drug-likeness (QED) is 0.361. The molecule has 150 valence electrons. The number of nitrogens with zero attached hydrogens (tertiary/aromatic N) is 1. The van der Waals surface area contributed by atoms with Crippen molar-refractivity contribution in [1.82, 2.24) is 16.3 Å². The van der Waals surface area contributed by atoms with E-state index in [2.05, 4.69) is 37.3 Å². The van der Waals surface area contributed by atoms with Crippen LogP contribution < -0.4 is 21.0 Å². The first-order valence-electron chi connectivity index (χ1n) is 8.91. The van der Waals surface area contributed by atoms with E-state index < -0.39 is 0 Å². The second kappa shape index (κ2) is 8.81. The number of rotatable bonds is 5. The fraction of sp³-hybridized carbons (Fsp3) is 0.200. The average molecular weight is 494 g/mol. The number of halogens is 2. The molecular weight excluding hydrogens is 476 g/mol. The molecule has 0 bridgehead atoms. The van der Waals surface area contributed by atoms with Gasteiger partial charge in [-0.2, -0.15) is 5.10 Å². The predicted molar refractivity (Wildman–Crippen MR) is 121 cm³/mol. The third kappa shape index (κ3) is 4.17. The van der Waals surface area contributed by atoms with Gasteiger partial charge in [-0.25, -0.2) is 10.9 Å². The lowest BCUT2D eigenvalue weighted by Gasteiger charge is -2.15. The summed E-state index contributed by atoms with van der Waals surface area (Å²) < 4.78 is 7.02. The number of ether oxygens (including phenoxy) is 1. The highest BCUT2D eigenvalue weighted by molar-refractivity contribution is 9.10. The summed E-state index contributed by atoms with van der Waals surface area (Å²) in [6.07, 6.45) is 1.75. The fourth-order valence-electron chi connectivity index (χ4n) is 3.25. The first-order chi connectivity index (χ1) is 14.1. The number of hydrazine groups is 1. The minimum absolute atomic E-state index is 0.0467. The molecule has 1 saturated heterocycles. The van der Waals surface area contributed by atoms with Gasteiger partial charge >= 0.3 is 0 Å². The lowest BCUT2D eigenvalue weighted by atomic mass is 9.96. The van der Waals surface area contributed by atoms with Gasteiger partial charge in [-0.05, 0) is 29.8 Å². The topological polar surface area (TPSA) is 74.8 Å². The molecule has 1 aliphatic rings. The van der Waals surface area contributed by atoms with Crippen LogP contribution in [0, 0.1) is 5.92 Å². The van der Waals surface area contributed by atoms with Crippen LogP contribution in [0.25, 0.3) is 10.1 Å². The molecule has 4 rings (SSSR count). The third-order valence-corrected chi connectivity index (χ3v) is 7.05. The lowest BCUT2D eigenvalue weighted by molar-refractivity contribution is 0.0959. The van der Waals surface area contributed by atoms with Crippen molar-refractivity contribution in [2.75, 3.05) is 13.7 Å². The van der Waals surface area contributed by atoms with Crippen LogP contribution in [0.4, 0.5) is 0 Å². The molecule has 2 aromatic carbocycles. The molecule has 9 heteroatoms. The molecule has 2 heterocycles. The molecule has 1 fully saturated rings. The van der Waals surface area contributed by atoms with Gasteiger partial charge in [-0.1, -0.05) is 45.7 Å². The molecule has 29 heavy (non-hydrogen) atoms. The summed E-state index contributed by atoms with van der Waals surface area (Å²) in [4.78, 5) is 13.0. The van der Waals surface area contributed by atoms with Crippen molar-refractivity contribution in [1.29, 1.82) is 0 Å². The molecular formula is C20H18BrClN4O2S. The number of fused-ring (bicyclic) bond motifs is 1. The minimum atomic E-state index is -0.320. The van der Waals surface area contributed by atoms with Crippen LogP contribution in [0.5, 0.6) is 5.75 Å². The average Bonchev–Trinajstić information content (AvgIpc) is 3.33. The molecule has 0 saturated carbocycles. The third-order valence-electron chi connectivity index (χ3n) is 4.74. The Kier molecular flexibility index (Phi) is 6.17. The maximum atomic E-state index is 12.6. The van der Waals surface area contributed by atoms with Crippen molar-refractivity contribution < 1.29 is 9.53 Å². The van der Waals surface area contributed by atoms with Crippen LogP contribution in [0.15, 0.2) is 52.0 Å². The van der Waals surface area contributed by atoms with Crippen molar-refractivity contribution >= 4 is 61.1 Å². The van der Waals surface area contributed by atoms with Crippen LogP contribution in [-0.2, 0) is 0 Å². The Morgan fingerprint density at radius 3 is 2.86 bits per heavy atom. The zero-order valence-electron chi connectivity index (χ0n) is 15.4. The number of amides is 1. The molecule has 1 aliphatic heterocycles. The van der Waals surface area contributed by atoms with Crippen molar-refractivity contribution in [2.24, 2.45) is 11.0 Å². The molecule has 3 N–H and O–H groups in total. The van der Waals surface area contributed by atoms with Crippen LogP contribution in [-0.4, -0.2) is 25.8 Å². The Bertz CT molecular complexity index is 1070. The van der Waals surface area contributed by atoms with E-state index in [0.29, 0.717) is 16.4 Å². The van der Waals surface area contributed by atoms with E-state index in [4.69, 9.17) is 16.3 Å². The minimum Gasteiger partial charge on any atom is -0.497 e. The Morgan fingerprint density at radius 2 is 2.14 bits per heavy atom. The van der Waals surface area contributed by atoms with E-state index in [1.165, 1.54) is 11.3 Å². The van der Waals surface area contributed by atoms with Crippen LogP contribution in [0.1, 0.15) is 21.3 Å². The van der Waals surface area contributed by atoms with E-state index in [0.717, 1.165) is 25.9 Å². The molecule has 0 radical (unpaired) electrons. The number of hydrogen-bond donors (Lipinski definition) is 3. The molecule has 0 spiro atoms. The fourth-order valence-corrected chi connectivity index (χ4v) is 5.53. The molecule has 2 unspecified atom stereocenters. The number of methoxy groups -OCH3 is 1. The maximum Gasteiger partial charge on any atom is 0.282 e. The number of hydrogen-bond acceptors (Lipinski definition) is 6. The summed E-state index contributed by atoms with van der Waals surface area (Å²) in [7, 11) is 1.64. The number of carbonyl (C=O) groups excluding carboxylic acids is 1. The van der Waals surface area contributed by atoms with Gasteiger partial charge in [0.2, 0.25) is 0 Å². The normalized spacial score (nSPS) is 19.1. The Hall–Kier alpha value is -1.97. The largest absolute Gasteiger partial charge is 0.497 e. The van der Waals surface area contributed by atoms with Crippen molar-refractivity contribution in [3.05, 3.63) is 62.4 Å². The number of hydrazone groups is 1. The Balaban J connectivity index is 1.46.